The van der Waals surface area contributed by atoms with Gasteiger partial charge in [0.2, 0.25) is 17.7 Å². The molecule has 4 heterocycles. The normalized spacial score (nSPS) is 26.8. The van der Waals surface area contributed by atoms with E-state index >= 15 is 0 Å². The van der Waals surface area contributed by atoms with E-state index in [-0.39, 0.29) is 63.4 Å². The number of fused-ring (bicyclic) bond motifs is 6. The number of halogens is 1. The average molecular weight is 1200 g/mol. The van der Waals surface area contributed by atoms with Crippen molar-refractivity contribution < 1.29 is 72.0 Å². The Kier molecular flexibility index (Phi) is 21.1. The number of likely N-dealkylation sites (N-methyl/N-ethyl adjacent to an activating group) is 1. The molecule has 0 radical (unpaired) electrons. The van der Waals surface area contributed by atoms with Gasteiger partial charge in [0.1, 0.15) is 35.7 Å². The quantitative estimate of drug-likeness (QED) is 0.0328. The molecule has 7 rings (SSSR count). The molecule has 82 heavy (non-hydrogen) atoms. The molecule has 3 N–H and O–H groups in total. The number of benzene rings is 2. The number of carbonyl (C=O) groups is 8. The molecular formula is C58H75ClN6O15S2. The number of epoxide rings is 1. The van der Waals surface area contributed by atoms with Crippen molar-refractivity contribution in [1.82, 2.24) is 20.7 Å². The van der Waals surface area contributed by atoms with E-state index in [1.54, 1.807) is 46.0 Å². The molecule has 21 nitrogen and oxygen atoms in total. The Morgan fingerprint density at radius 2 is 1.78 bits per heavy atom. The standard InChI is InChI=1S/C58H75ClN6O15S2/c1-33-14-11-17-44(75-10)58(74)31-43(77-55(73)60-58)35(3)53-57(7,79-53)45(30-50(70)64(9)42-28-37(26-33)27-34(2)52(42)59)78-54(72)36(4)63(8)47(67)23-25-81-82-56(5,6)32-46(66)62-61-41-16-12-15-38-29-39(19-20-40(38)41)76-24-13-18-51(71)80-65-48(68)21-22-49(65)69/h11,14,17,19-20,27-29,35-36,43-45,53,74H,12-13,15-16,18,21-26,30-32H2,1-10H3,(H,60,73)(H,62,66)/b17-11+,33-14+,61-41+/t35-,36+,43+,44-,45+,53+,57+,58+/m1/s1. The van der Waals surface area contributed by atoms with Crippen LogP contribution in [0.5, 0.6) is 5.75 Å². The molecule has 4 aliphatic heterocycles. The summed E-state index contributed by atoms with van der Waals surface area (Å²) in [5, 5.41) is 19.8. The van der Waals surface area contributed by atoms with Gasteiger partial charge in [-0.25, -0.2) is 19.8 Å². The van der Waals surface area contributed by atoms with Gasteiger partial charge < -0.3 is 43.4 Å². The highest BCUT2D eigenvalue weighted by molar-refractivity contribution is 8.77. The SMILES string of the molecule is CO[C@@H]1/C=C/C=C(\C)Cc2cc(C)c(Cl)c(c2)N(C)C(=O)C[C@H](OC(=O)[C@H](C)N(C)C(=O)CCSSC(C)(C)CC(=O)N/N=C2\CCCc3cc(OCCCC(=O)ON4C(=O)CCC4=O)ccc32)[C@]2(C)O[C@H]2[C@H](C)[C@@H]2C[C@@]1(O)NC(=O)O2. The number of alkyl carbamates (subject to hydrolysis) is 1. The molecule has 2 aromatic carbocycles. The van der Waals surface area contributed by atoms with Crippen molar-refractivity contribution in [3.05, 3.63) is 81.4 Å². The van der Waals surface area contributed by atoms with Gasteiger partial charge in [-0.2, -0.15) is 5.10 Å². The lowest BCUT2D eigenvalue weighted by Crippen LogP contribution is -2.63. The Balaban J connectivity index is 0.917. The second-order valence-corrected chi connectivity index (χ2v) is 25.9. The number of allylic oxidation sites excluding steroid dienone is 3. The van der Waals surface area contributed by atoms with Crippen LogP contribution in [0.3, 0.4) is 0 Å². The Morgan fingerprint density at radius 1 is 1.05 bits per heavy atom. The number of methoxy groups -OCH3 is 1. The number of amides is 6. The van der Waals surface area contributed by atoms with Crippen molar-refractivity contribution in [3.8, 4) is 5.75 Å². The number of esters is 1. The predicted octanol–water partition coefficient (Wildman–Crippen LogP) is 7.38. The minimum Gasteiger partial charge on any atom is -0.494 e. The highest BCUT2D eigenvalue weighted by Gasteiger charge is 2.64. The number of hydroxylamine groups is 2. The van der Waals surface area contributed by atoms with Gasteiger partial charge in [0, 0.05) is 75.3 Å². The maximum atomic E-state index is 14.4. The summed E-state index contributed by atoms with van der Waals surface area (Å²) in [6.45, 7) is 12.9. The number of hydrogen-bond donors (Lipinski definition) is 3. The van der Waals surface area contributed by atoms with Crippen molar-refractivity contribution in [1.29, 1.82) is 0 Å². The Morgan fingerprint density at radius 3 is 2.50 bits per heavy atom. The van der Waals surface area contributed by atoms with E-state index in [0.29, 0.717) is 46.5 Å². The Bertz CT molecular complexity index is 2890. The number of imide groups is 1. The van der Waals surface area contributed by atoms with Crippen LogP contribution in [0.1, 0.15) is 128 Å². The molecule has 0 saturated carbocycles. The van der Waals surface area contributed by atoms with Crippen molar-refractivity contribution >= 4 is 92.2 Å². The third-order valence-electron chi connectivity index (χ3n) is 15.3. The van der Waals surface area contributed by atoms with Gasteiger partial charge in [0.05, 0.1) is 42.0 Å². The number of hydrogen-bond acceptors (Lipinski definition) is 18. The monoisotopic (exact) mass is 1190 g/mol. The van der Waals surface area contributed by atoms with Crippen LogP contribution in [-0.2, 0) is 70.2 Å². The van der Waals surface area contributed by atoms with E-state index < -0.39 is 88.2 Å². The highest BCUT2D eigenvalue weighted by atomic mass is 35.5. The van der Waals surface area contributed by atoms with E-state index in [9.17, 15) is 43.5 Å². The van der Waals surface area contributed by atoms with Gasteiger partial charge in [0.15, 0.2) is 5.72 Å². The van der Waals surface area contributed by atoms with E-state index in [2.05, 4.69) is 15.8 Å². The van der Waals surface area contributed by atoms with Crippen LogP contribution in [-0.4, -0.2) is 148 Å². The average Bonchev–Trinajstić information content (AvgIpc) is 2.12. The summed E-state index contributed by atoms with van der Waals surface area (Å²) in [7, 11) is 7.41. The van der Waals surface area contributed by atoms with Gasteiger partial charge in [-0.3, -0.25) is 29.3 Å². The third kappa shape index (κ3) is 15.8. The molecule has 5 aliphatic rings. The van der Waals surface area contributed by atoms with Crippen LogP contribution in [0.2, 0.25) is 5.02 Å². The number of aliphatic hydroxyl groups is 1. The van der Waals surface area contributed by atoms with E-state index in [1.807, 2.05) is 58.0 Å². The summed E-state index contributed by atoms with van der Waals surface area (Å²) in [6.07, 6.45) is 3.57. The number of ether oxygens (including phenoxy) is 5. The van der Waals surface area contributed by atoms with Gasteiger partial charge in [0.25, 0.3) is 11.8 Å². The summed E-state index contributed by atoms with van der Waals surface area (Å²) >= 11 is 6.85. The topological polar surface area (TPSA) is 262 Å². The van der Waals surface area contributed by atoms with Crippen molar-refractivity contribution in [3.63, 3.8) is 0 Å². The number of rotatable bonds is 18. The first-order valence-electron chi connectivity index (χ1n) is 27.5. The third-order valence-corrected chi connectivity index (χ3v) is 19.1. The number of aryl methyl sites for hydroxylation is 2. The summed E-state index contributed by atoms with van der Waals surface area (Å²) in [4.78, 5) is 112. The second kappa shape index (κ2) is 27.2. The molecule has 446 valence electrons. The smallest absolute Gasteiger partial charge is 0.409 e. The van der Waals surface area contributed by atoms with Crippen LogP contribution in [0.25, 0.3) is 0 Å². The molecular weight excluding hydrogens is 1120 g/mol. The fourth-order valence-electron chi connectivity index (χ4n) is 10.4. The summed E-state index contributed by atoms with van der Waals surface area (Å²) in [5.41, 5.74) is 5.29. The lowest BCUT2D eigenvalue weighted by atomic mass is 9.83. The van der Waals surface area contributed by atoms with Gasteiger partial charge in [-0.1, -0.05) is 70.0 Å². The minimum absolute atomic E-state index is 0.0256. The maximum absolute atomic E-state index is 14.4. The van der Waals surface area contributed by atoms with Gasteiger partial charge in [-0.15, -0.1) is 5.06 Å². The van der Waals surface area contributed by atoms with Crippen LogP contribution >= 0.6 is 33.2 Å². The molecule has 3 fully saturated rings. The Hall–Kier alpha value is -5.98. The minimum atomic E-state index is -1.86. The molecule has 2 aromatic rings. The lowest BCUT2D eigenvalue weighted by Gasteiger charge is -2.42. The molecule has 0 unspecified atom stereocenters. The largest absolute Gasteiger partial charge is 0.494 e. The zero-order valence-corrected chi connectivity index (χ0v) is 50.5. The highest BCUT2D eigenvalue weighted by Crippen LogP contribution is 2.49. The van der Waals surface area contributed by atoms with Crippen LogP contribution in [0, 0.1) is 12.8 Å². The van der Waals surface area contributed by atoms with Crippen LogP contribution in [0.4, 0.5) is 10.5 Å². The van der Waals surface area contributed by atoms with Crippen molar-refractivity contribution in [2.75, 3.05) is 38.5 Å². The van der Waals surface area contributed by atoms with Gasteiger partial charge >= 0.3 is 18.0 Å². The molecule has 3 saturated heterocycles. The van der Waals surface area contributed by atoms with Crippen molar-refractivity contribution in [2.24, 2.45) is 11.0 Å². The summed E-state index contributed by atoms with van der Waals surface area (Å²) < 4.78 is 29.3. The first-order chi connectivity index (χ1) is 38.7. The van der Waals surface area contributed by atoms with Crippen LogP contribution in [0.15, 0.2) is 59.2 Å². The van der Waals surface area contributed by atoms with E-state index in [4.69, 9.17) is 40.1 Å². The molecule has 6 amide bonds. The summed E-state index contributed by atoms with van der Waals surface area (Å²) in [5.74, 6) is -3.16. The summed E-state index contributed by atoms with van der Waals surface area (Å²) in [6, 6.07) is 8.30. The number of carbonyl (C=O) groups excluding carboxylic acids is 8. The van der Waals surface area contributed by atoms with E-state index in [1.165, 1.54) is 45.5 Å². The predicted molar refractivity (Wildman–Crippen MR) is 308 cm³/mol. The van der Waals surface area contributed by atoms with Crippen molar-refractivity contribution in [2.45, 2.75) is 172 Å². The number of nitrogens with one attached hydrogen (secondary N) is 2. The number of hydrazone groups is 1. The molecule has 1 aliphatic carbocycles. The van der Waals surface area contributed by atoms with Gasteiger partial charge in [-0.05, 0) is 115 Å². The Labute approximate surface area is 491 Å². The second-order valence-electron chi connectivity index (χ2n) is 22.4. The zero-order valence-electron chi connectivity index (χ0n) is 48.1. The van der Waals surface area contributed by atoms with E-state index in [0.717, 1.165) is 46.4 Å². The molecule has 24 heteroatoms. The zero-order chi connectivity index (χ0) is 59.8. The number of anilines is 1. The number of nitrogens with zero attached hydrogens (tertiary/aromatic N) is 4. The lowest BCUT2D eigenvalue weighted by molar-refractivity contribution is -0.197. The molecule has 0 spiro atoms. The fourth-order valence-corrected chi connectivity index (χ4v) is 13.1. The maximum Gasteiger partial charge on any atom is 0.409 e. The first kappa shape index (κ1) is 63.6. The molecule has 4 bridgehead atoms. The molecule has 8 atom stereocenters. The molecule has 0 aromatic heterocycles. The van der Waals surface area contributed by atoms with Crippen LogP contribution < -0.4 is 20.4 Å². The fraction of sp³-hybridized carbons (Fsp3) is 0.569. The first-order valence-corrected chi connectivity index (χ1v) is 30.2.